The molecule has 0 saturated heterocycles. The van der Waals surface area contributed by atoms with Crippen molar-refractivity contribution in [1.82, 2.24) is 0 Å². The Morgan fingerprint density at radius 3 is 2.16 bits per heavy atom. The average Bonchev–Trinajstić information content (AvgIpc) is 2.81. The van der Waals surface area contributed by atoms with Gasteiger partial charge in [-0.1, -0.05) is 32.6 Å². The molecule has 0 aromatic heterocycles. The zero-order valence-corrected chi connectivity index (χ0v) is 11.4. The van der Waals surface area contributed by atoms with Crippen molar-refractivity contribution in [3.05, 3.63) is 35.1 Å². The first-order chi connectivity index (χ1) is 9.10. The summed E-state index contributed by atoms with van der Waals surface area (Å²) in [7, 11) is 0. The van der Waals surface area contributed by atoms with Gasteiger partial charge in [-0.15, -0.1) is 0 Å². The third kappa shape index (κ3) is 3.74. The molecule has 1 fully saturated rings. The van der Waals surface area contributed by atoms with Gasteiger partial charge in [0, 0.05) is 0 Å². The van der Waals surface area contributed by atoms with Crippen molar-refractivity contribution in [3.63, 3.8) is 0 Å². The Labute approximate surface area is 113 Å². The molecule has 2 unspecified atom stereocenters. The second-order valence-electron chi connectivity index (χ2n) is 5.75. The van der Waals surface area contributed by atoms with Crippen LogP contribution in [-0.2, 0) is 6.42 Å². The lowest BCUT2D eigenvalue weighted by Crippen LogP contribution is -2.01. The lowest BCUT2D eigenvalue weighted by atomic mass is 9.95. The molecule has 1 aliphatic rings. The second-order valence-corrected chi connectivity index (χ2v) is 5.75. The molecule has 2 rings (SSSR count). The van der Waals surface area contributed by atoms with E-state index in [1.165, 1.54) is 32.1 Å². The fraction of sp³-hybridized carbons (Fsp3) is 0.625. The summed E-state index contributed by atoms with van der Waals surface area (Å²) in [5, 5.41) is 0. The van der Waals surface area contributed by atoms with Crippen molar-refractivity contribution in [2.45, 2.75) is 51.9 Å². The lowest BCUT2D eigenvalue weighted by Gasteiger charge is -2.11. The maximum Gasteiger partial charge on any atom is 0.194 e. The second kappa shape index (κ2) is 6.44. The van der Waals surface area contributed by atoms with Crippen LogP contribution in [0.5, 0.6) is 0 Å². The van der Waals surface area contributed by atoms with Crippen molar-refractivity contribution >= 4 is 0 Å². The maximum absolute atomic E-state index is 13.1. The van der Waals surface area contributed by atoms with E-state index in [9.17, 15) is 13.2 Å². The van der Waals surface area contributed by atoms with Crippen LogP contribution in [0.25, 0.3) is 0 Å². The number of benzene rings is 1. The number of hydrogen-bond acceptors (Lipinski definition) is 0. The van der Waals surface area contributed by atoms with Crippen LogP contribution in [0.15, 0.2) is 12.1 Å². The summed E-state index contributed by atoms with van der Waals surface area (Å²) in [4.78, 5) is 0. The van der Waals surface area contributed by atoms with Gasteiger partial charge in [0.1, 0.15) is 0 Å². The van der Waals surface area contributed by atoms with Crippen molar-refractivity contribution in [2.75, 3.05) is 0 Å². The highest BCUT2D eigenvalue weighted by molar-refractivity contribution is 5.19. The summed E-state index contributed by atoms with van der Waals surface area (Å²) in [6.07, 6.45) is 7.84. The van der Waals surface area contributed by atoms with Gasteiger partial charge in [-0.2, -0.15) is 0 Å². The topological polar surface area (TPSA) is 0 Å². The van der Waals surface area contributed by atoms with Gasteiger partial charge in [0.05, 0.1) is 0 Å². The SMILES string of the molecule is CCCC1CCC(CCc2cc(F)c(F)c(F)c2)C1. The molecule has 0 spiro atoms. The minimum absolute atomic E-state index is 0.565. The van der Waals surface area contributed by atoms with Crippen molar-refractivity contribution in [2.24, 2.45) is 11.8 Å². The van der Waals surface area contributed by atoms with Crippen LogP contribution in [0.4, 0.5) is 13.2 Å². The molecule has 0 N–H and O–H groups in total. The van der Waals surface area contributed by atoms with E-state index in [0.717, 1.165) is 24.5 Å². The molecular formula is C16H21F3. The van der Waals surface area contributed by atoms with E-state index in [1.54, 1.807) is 0 Å². The Bertz CT molecular complexity index is 405. The summed E-state index contributed by atoms with van der Waals surface area (Å²) >= 11 is 0. The number of rotatable bonds is 5. The minimum Gasteiger partial charge on any atom is -0.204 e. The Balaban J connectivity index is 1.86. The quantitative estimate of drug-likeness (QED) is 0.641. The van der Waals surface area contributed by atoms with Gasteiger partial charge >= 0.3 is 0 Å². The van der Waals surface area contributed by atoms with Crippen molar-refractivity contribution in [1.29, 1.82) is 0 Å². The number of aryl methyl sites for hydroxylation is 1. The highest BCUT2D eigenvalue weighted by atomic mass is 19.2. The third-order valence-corrected chi connectivity index (χ3v) is 4.23. The summed E-state index contributed by atoms with van der Waals surface area (Å²) < 4.78 is 39.0. The third-order valence-electron chi connectivity index (χ3n) is 4.23. The molecular weight excluding hydrogens is 249 g/mol. The molecule has 3 heteroatoms. The van der Waals surface area contributed by atoms with Crippen LogP contribution >= 0.6 is 0 Å². The summed E-state index contributed by atoms with van der Waals surface area (Å²) in [6.45, 7) is 2.21. The molecule has 2 atom stereocenters. The van der Waals surface area contributed by atoms with Crippen LogP contribution in [0.1, 0.15) is 51.0 Å². The maximum atomic E-state index is 13.1. The van der Waals surface area contributed by atoms with E-state index in [0.29, 0.717) is 17.9 Å². The van der Waals surface area contributed by atoms with Crippen LogP contribution in [0.3, 0.4) is 0 Å². The normalized spacial score (nSPS) is 22.9. The monoisotopic (exact) mass is 270 g/mol. The Morgan fingerprint density at radius 1 is 1.00 bits per heavy atom. The smallest absolute Gasteiger partial charge is 0.194 e. The van der Waals surface area contributed by atoms with Crippen molar-refractivity contribution in [3.8, 4) is 0 Å². The molecule has 1 saturated carbocycles. The van der Waals surface area contributed by atoms with Crippen molar-refractivity contribution < 1.29 is 13.2 Å². The Kier molecular flexibility index (Phi) is 4.89. The summed E-state index contributed by atoms with van der Waals surface area (Å²) in [5.41, 5.74) is 0.565. The van der Waals surface area contributed by atoms with E-state index < -0.39 is 17.5 Å². The van der Waals surface area contributed by atoms with Crippen LogP contribution in [-0.4, -0.2) is 0 Å². The fourth-order valence-corrected chi connectivity index (χ4v) is 3.23. The number of halogens is 3. The van der Waals surface area contributed by atoms with E-state index in [-0.39, 0.29) is 0 Å². The molecule has 0 radical (unpaired) electrons. The van der Waals surface area contributed by atoms with Gasteiger partial charge in [-0.05, 0) is 48.8 Å². The predicted molar refractivity (Wildman–Crippen MR) is 70.4 cm³/mol. The summed E-state index contributed by atoms with van der Waals surface area (Å²) in [5.74, 6) is -2.03. The Hall–Kier alpha value is -0.990. The van der Waals surface area contributed by atoms with Gasteiger partial charge in [0.25, 0.3) is 0 Å². The van der Waals surface area contributed by atoms with E-state index in [4.69, 9.17) is 0 Å². The predicted octanol–water partition coefficient (Wildman–Crippen LogP) is 5.25. The minimum atomic E-state index is -1.37. The zero-order valence-electron chi connectivity index (χ0n) is 11.4. The average molecular weight is 270 g/mol. The standard InChI is InChI=1S/C16H21F3/c1-2-3-11-4-5-12(8-11)6-7-13-9-14(17)16(19)15(18)10-13/h9-12H,2-8H2,1H3. The highest BCUT2D eigenvalue weighted by Crippen LogP contribution is 2.36. The van der Waals surface area contributed by atoms with Crippen LogP contribution < -0.4 is 0 Å². The number of hydrogen-bond donors (Lipinski definition) is 0. The van der Waals surface area contributed by atoms with E-state index in [2.05, 4.69) is 6.92 Å². The molecule has 0 bridgehead atoms. The molecule has 1 aromatic carbocycles. The first-order valence-electron chi connectivity index (χ1n) is 7.23. The fourth-order valence-electron chi connectivity index (χ4n) is 3.23. The van der Waals surface area contributed by atoms with Gasteiger partial charge in [0.15, 0.2) is 17.5 Å². The van der Waals surface area contributed by atoms with Gasteiger partial charge in [-0.3, -0.25) is 0 Å². The van der Waals surface area contributed by atoms with E-state index in [1.807, 2.05) is 0 Å². The summed E-state index contributed by atoms with van der Waals surface area (Å²) in [6, 6.07) is 2.24. The zero-order chi connectivity index (χ0) is 13.8. The van der Waals surface area contributed by atoms with Gasteiger partial charge < -0.3 is 0 Å². The molecule has 0 aliphatic heterocycles. The molecule has 0 amide bonds. The largest absolute Gasteiger partial charge is 0.204 e. The molecule has 1 aliphatic carbocycles. The van der Waals surface area contributed by atoms with Gasteiger partial charge in [0.2, 0.25) is 0 Å². The van der Waals surface area contributed by atoms with Crippen LogP contribution in [0, 0.1) is 29.3 Å². The van der Waals surface area contributed by atoms with E-state index >= 15 is 0 Å². The molecule has 0 nitrogen and oxygen atoms in total. The highest BCUT2D eigenvalue weighted by Gasteiger charge is 2.23. The molecule has 1 aromatic rings. The molecule has 19 heavy (non-hydrogen) atoms. The Morgan fingerprint density at radius 2 is 1.58 bits per heavy atom. The van der Waals surface area contributed by atoms with Crippen LogP contribution in [0.2, 0.25) is 0 Å². The first kappa shape index (κ1) is 14.4. The molecule has 0 heterocycles. The molecule has 106 valence electrons. The first-order valence-corrected chi connectivity index (χ1v) is 7.23. The van der Waals surface area contributed by atoms with Gasteiger partial charge in [-0.25, -0.2) is 13.2 Å². The lowest BCUT2D eigenvalue weighted by molar-refractivity contribution is 0.434.